The largest absolute Gasteiger partial charge is 0.269 e. The van der Waals surface area contributed by atoms with Gasteiger partial charge < -0.3 is 0 Å². The average Bonchev–Trinajstić information content (AvgIpc) is 2.98. The summed E-state index contributed by atoms with van der Waals surface area (Å²) < 4.78 is 41.4. The number of anilines is 1. The predicted molar refractivity (Wildman–Crippen MR) is 80.4 cm³/mol. The minimum atomic E-state index is -3.45. The highest BCUT2D eigenvalue weighted by molar-refractivity contribution is 7.92. The van der Waals surface area contributed by atoms with Crippen molar-refractivity contribution in [1.82, 2.24) is 9.78 Å². The second-order valence-corrected chi connectivity index (χ2v) is 7.74. The summed E-state index contributed by atoms with van der Waals surface area (Å²) in [5, 5.41) is 4.49. The monoisotopic (exact) mass is 321 g/mol. The number of aromatic nitrogens is 2. The molecule has 4 rings (SSSR count). The van der Waals surface area contributed by atoms with E-state index in [1.54, 1.807) is 6.07 Å². The van der Waals surface area contributed by atoms with Gasteiger partial charge in [-0.05, 0) is 43.0 Å². The lowest BCUT2D eigenvalue weighted by Crippen LogP contribution is -2.26. The third-order valence-electron chi connectivity index (χ3n) is 4.26. The van der Waals surface area contributed by atoms with Crippen molar-refractivity contribution in [3.8, 4) is 0 Å². The molecule has 0 unspecified atom stereocenters. The van der Waals surface area contributed by atoms with Gasteiger partial charge in [0, 0.05) is 12.2 Å². The molecule has 2 aliphatic rings. The molecule has 0 saturated carbocycles. The van der Waals surface area contributed by atoms with Crippen molar-refractivity contribution in [3.63, 3.8) is 0 Å². The maximum Gasteiger partial charge on any atom is 0.239 e. The standard InChI is InChI=1S/C15H16FN3O2S/c16-12-5-4-11-10-22(20,21)19(15(11)7-12)9-13-8-14-3-1-2-6-18(14)17-13/h4-5,7-8H,1-3,6,9-10H2. The fraction of sp³-hybridized carbons (Fsp3) is 0.400. The fourth-order valence-electron chi connectivity index (χ4n) is 3.20. The SMILES string of the molecule is O=S1(=O)Cc2ccc(F)cc2N1Cc1cc2n(n1)CCCC2. The van der Waals surface area contributed by atoms with E-state index in [1.807, 2.05) is 10.7 Å². The van der Waals surface area contributed by atoms with E-state index >= 15 is 0 Å². The lowest BCUT2D eigenvalue weighted by molar-refractivity contribution is 0.483. The maximum atomic E-state index is 13.5. The zero-order valence-corrected chi connectivity index (χ0v) is 12.8. The molecule has 0 aliphatic carbocycles. The number of hydrogen-bond acceptors (Lipinski definition) is 3. The molecule has 1 aromatic carbocycles. The molecule has 2 aromatic rings. The highest BCUT2D eigenvalue weighted by atomic mass is 32.2. The minimum absolute atomic E-state index is 0.0732. The van der Waals surface area contributed by atoms with Crippen LogP contribution in [0.3, 0.4) is 0 Å². The third-order valence-corrected chi connectivity index (χ3v) is 5.94. The zero-order chi connectivity index (χ0) is 15.3. The smallest absolute Gasteiger partial charge is 0.239 e. The fourth-order valence-corrected chi connectivity index (χ4v) is 4.79. The maximum absolute atomic E-state index is 13.5. The van der Waals surface area contributed by atoms with Gasteiger partial charge in [-0.1, -0.05) is 6.07 Å². The number of rotatable bonds is 2. The van der Waals surface area contributed by atoms with Crippen molar-refractivity contribution in [2.24, 2.45) is 0 Å². The summed E-state index contributed by atoms with van der Waals surface area (Å²) in [4.78, 5) is 0. The van der Waals surface area contributed by atoms with Crippen molar-refractivity contribution in [3.05, 3.63) is 47.0 Å². The summed E-state index contributed by atoms with van der Waals surface area (Å²) in [6.45, 7) is 1.05. The van der Waals surface area contributed by atoms with Crippen molar-refractivity contribution in [2.75, 3.05) is 4.31 Å². The molecule has 0 spiro atoms. The topological polar surface area (TPSA) is 55.2 Å². The molecule has 1 aromatic heterocycles. The Bertz CT molecular complexity index is 821. The van der Waals surface area contributed by atoms with Crippen LogP contribution in [0.5, 0.6) is 0 Å². The van der Waals surface area contributed by atoms with Crippen LogP contribution in [0, 0.1) is 5.82 Å². The minimum Gasteiger partial charge on any atom is -0.269 e. The number of hydrogen-bond donors (Lipinski definition) is 0. The van der Waals surface area contributed by atoms with Gasteiger partial charge in [-0.25, -0.2) is 12.8 Å². The molecule has 0 radical (unpaired) electrons. The summed E-state index contributed by atoms with van der Waals surface area (Å²) in [6, 6.07) is 6.09. The number of fused-ring (bicyclic) bond motifs is 2. The molecular weight excluding hydrogens is 305 g/mol. The predicted octanol–water partition coefficient (Wildman–Crippen LogP) is 2.21. The zero-order valence-electron chi connectivity index (χ0n) is 12.0. The first kappa shape index (κ1) is 13.8. The number of nitrogens with zero attached hydrogens (tertiary/aromatic N) is 3. The number of benzene rings is 1. The van der Waals surface area contributed by atoms with Gasteiger partial charge in [0.1, 0.15) is 5.82 Å². The highest BCUT2D eigenvalue weighted by Gasteiger charge is 2.34. The van der Waals surface area contributed by atoms with Gasteiger partial charge in [-0.2, -0.15) is 5.10 Å². The Kier molecular flexibility index (Phi) is 3.00. The molecule has 0 N–H and O–H groups in total. The number of sulfonamides is 1. The average molecular weight is 321 g/mol. The van der Waals surface area contributed by atoms with Gasteiger partial charge in [0.15, 0.2) is 0 Å². The second-order valence-electron chi connectivity index (χ2n) is 5.84. The van der Waals surface area contributed by atoms with Crippen molar-refractivity contribution in [2.45, 2.75) is 38.1 Å². The van der Waals surface area contributed by atoms with Gasteiger partial charge >= 0.3 is 0 Å². The molecule has 5 nitrogen and oxygen atoms in total. The van der Waals surface area contributed by atoms with Crippen LogP contribution in [0.1, 0.15) is 29.8 Å². The van der Waals surface area contributed by atoms with Crippen LogP contribution in [0.4, 0.5) is 10.1 Å². The van der Waals surface area contributed by atoms with Gasteiger partial charge in [0.25, 0.3) is 0 Å². The van der Waals surface area contributed by atoms with E-state index in [1.165, 1.54) is 16.4 Å². The molecule has 0 bridgehead atoms. The Hall–Kier alpha value is -1.89. The van der Waals surface area contributed by atoms with Crippen LogP contribution in [-0.2, 0) is 35.3 Å². The summed E-state index contributed by atoms with van der Waals surface area (Å²) in [5.41, 5.74) is 2.95. The Morgan fingerprint density at radius 3 is 2.91 bits per heavy atom. The molecule has 3 heterocycles. The normalized spacial score (nSPS) is 19.0. The third kappa shape index (κ3) is 2.20. The molecule has 0 amide bonds. The van der Waals surface area contributed by atoms with Crippen molar-refractivity contribution < 1.29 is 12.8 Å². The van der Waals surface area contributed by atoms with Gasteiger partial charge in [0.05, 0.1) is 23.7 Å². The van der Waals surface area contributed by atoms with Gasteiger partial charge in [0.2, 0.25) is 10.0 Å². The van der Waals surface area contributed by atoms with Crippen LogP contribution in [0.25, 0.3) is 0 Å². The van der Waals surface area contributed by atoms with Crippen molar-refractivity contribution >= 4 is 15.7 Å². The summed E-state index contributed by atoms with van der Waals surface area (Å²) >= 11 is 0. The lowest BCUT2D eigenvalue weighted by atomic mass is 10.1. The quantitative estimate of drug-likeness (QED) is 0.852. The van der Waals surface area contributed by atoms with Gasteiger partial charge in [-0.15, -0.1) is 0 Å². The molecule has 7 heteroatoms. The molecule has 2 aliphatic heterocycles. The molecule has 0 fully saturated rings. The van der Waals surface area contributed by atoms with E-state index in [0.717, 1.165) is 37.2 Å². The molecule has 0 saturated heterocycles. The Balaban J connectivity index is 1.70. The lowest BCUT2D eigenvalue weighted by Gasteiger charge is -2.17. The summed E-state index contributed by atoms with van der Waals surface area (Å²) in [5.74, 6) is -0.499. The number of aryl methyl sites for hydroxylation is 2. The Labute approximate surface area is 128 Å². The van der Waals surface area contributed by atoms with E-state index in [9.17, 15) is 12.8 Å². The second kappa shape index (κ2) is 4.81. The van der Waals surface area contributed by atoms with E-state index in [-0.39, 0.29) is 12.3 Å². The Morgan fingerprint density at radius 1 is 1.23 bits per heavy atom. The molecule has 0 atom stereocenters. The Morgan fingerprint density at radius 2 is 2.09 bits per heavy atom. The van der Waals surface area contributed by atoms with E-state index in [0.29, 0.717) is 11.3 Å². The summed E-state index contributed by atoms with van der Waals surface area (Å²) in [7, 11) is -3.45. The first-order chi connectivity index (χ1) is 10.5. The van der Waals surface area contributed by atoms with Crippen LogP contribution in [0.2, 0.25) is 0 Å². The van der Waals surface area contributed by atoms with Crippen LogP contribution in [-0.4, -0.2) is 18.2 Å². The van der Waals surface area contributed by atoms with E-state index in [4.69, 9.17) is 0 Å². The first-order valence-electron chi connectivity index (χ1n) is 7.37. The van der Waals surface area contributed by atoms with Crippen molar-refractivity contribution in [1.29, 1.82) is 0 Å². The first-order valence-corrected chi connectivity index (χ1v) is 8.98. The molecular formula is C15H16FN3O2S. The van der Waals surface area contributed by atoms with Crippen LogP contribution in [0.15, 0.2) is 24.3 Å². The molecule has 22 heavy (non-hydrogen) atoms. The van der Waals surface area contributed by atoms with Crippen LogP contribution >= 0.6 is 0 Å². The number of halogens is 1. The van der Waals surface area contributed by atoms with Gasteiger partial charge in [-0.3, -0.25) is 8.99 Å². The van der Waals surface area contributed by atoms with E-state index in [2.05, 4.69) is 5.10 Å². The highest BCUT2D eigenvalue weighted by Crippen LogP contribution is 2.35. The summed E-state index contributed by atoms with van der Waals surface area (Å²) in [6.07, 6.45) is 3.22. The van der Waals surface area contributed by atoms with Crippen LogP contribution < -0.4 is 4.31 Å². The van der Waals surface area contributed by atoms with E-state index < -0.39 is 15.8 Å². The molecule has 116 valence electrons.